The van der Waals surface area contributed by atoms with Crippen LogP contribution in [0.2, 0.25) is 0 Å². The summed E-state index contributed by atoms with van der Waals surface area (Å²) in [6.07, 6.45) is 2.07. The highest BCUT2D eigenvalue weighted by atomic mass is 16.6. The zero-order valence-electron chi connectivity index (χ0n) is 8.86. The topological polar surface area (TPSA) is 128 Å². The van der Waals surface area contributed by atoms with Gasteiger partial charge in [0, 0.05) is 6.54 Å². The van der Waals surface area contributed by atoms with Crippen LogP contribution in [0.1, 0.15) is 19.8 Å². The molecule has 6 N–H and O–H groups in total. The van der Waals surface area contributed by atoms with Gasteiger partial charge in [-0.2, -0.15) is 0 Å². The van der Waals surface area contributed by atoms with Gasteiger partial charge >= 0.3 is 5.97 Å². The minimum atomic E-state index is -0.968. The van der Waals surface area contributed by atoms with E-state index in [1.54, 1.807) is 0 Å². The van der Waals surface area contributed by atoms with Gasteiger partial charge in [-0.1, -0.05) is 13.3 Å². The number of carbonyl (C=O) groups is 2. The molecule has 0 heterocycles. The van der Waals surface area contributed by atoms with Crippen LogP contribution in [0.5, 0.6) is 0 Å². The third kappa shape index (κ3) is 19.3. The average molecular weight is 221 g/mol. The molecule has 0 aromatic heterocycles. The lowest BCUT2D eigenvalue weighted by atomic mass is 10.3. The number of nitrogens with one attached hydrogen (secondary N) is 1. The van der Waals surface area contributed by atoms with Crippen molar-refractivity contribution >= 4 is 11.9 Å². The van der Waals surface area contributed by atoms with Gasteiger partial charge in [0.1, 0.15) is 6.61 Å². The van der Waals surface area contributed by atoms with Gasteiger partial charge in [-0.15, -0.1) is 0 Å². The molecule has 0 saturated heterocycles. The molecule has 0 fully saturated rings. The van der Waals surface area contributed by atoms with Gasteiger partial charge in [0.15, 0.2) is 0 Å². The Kier molecular flexibility index (Phi) is 13.9. The molecular weight excluding hydrogens is 202 g/mol. The maximum Gasteiger partial charge on any atom is 0.317 e. The van der Waals surface area contributed by atoms with E-state index < -0.39 is 5.97 Å². The number of nitrogens with two attached hydrogens (primary N) is 2. The summed E-state index contributed by atoms with van der Waals surface area (Å²) in [7, 11) is 0. The lowest BCUT2D eigenvalue weighted by molar-refractivity contribution is -0.135. The number of rotatable bonds is 6. The van der Waals surface area contributed by atoms with E-state index in [0.717, 1.165) is 12.8 Å². The lowest BCUT2D eigenvalue weighted by Gasteiger charge is -2.00. The van der Waals surface area contributed by atoms with E-state index in [4.69, 9.17) is 5.11 Å². The summed E-state index contributed by atoms with van der Waals surface area (Å²) in [6, 6.07) is 0. The normalized spacial score (nSPS) is 8.73. The van der Waals surface area contributed by atoms with Gasteiger partial charge in [-0.25, -0.2) is 5.90 Å². The van der Waals surface area contributed by atoms with Crippen LogP contribution in [0.25, 0.3) is 0 Å². The Balaban J connectivity index is 0. The van der Waals surface area contributed by atoms with Gasteiger partial charge in [0.2, 0.25) is 5.91 Å². The molecule has 1 amide bonds. The van der Waals surface area contributed by atoms with Gasteiger partial charge in [-0.3, -0.25) is 14.4 Å². The number of carboxylic acids is 1. The van der Waals surface area contributed by atoms with Crippen LogP contribution in [0, 0.1) is 0 Å². The molecule has 0 spiro atoms. The van der Waals surface area contributed by atoms with E-state index in [1.807, 2.05) is 0 Å². The summed E-state index contributed by atoms with van der Waals surface area (Å²) in [5.74, 6) is 3.55. The largest absolute Gasteiger partial charge is 0.480 e. The standard InChI is InChI=1S/C6H14N2O2.C2H5NO2/c1-2-3-4-8-6(9)5-10-7;3-1-2(4)5/h2-5,7H2,1H3,(H,8,9);1,3H2,(H,4,5). The molecule has 0 aliphatic heterocycles. The van der Waals surface area contributed by atoms with E-state index >= 15 is 0 Å². The van der Waals surface area contributed by atoms with E-state index in [-0.39, 0.29) is 19.1 Å². The molecule has 15 heavy (non-hydrogen) atoms. The SMILES string of the molecule is CCCCNC(=O)CON.NCC(=O)O. The zero-order chi connectivity index (χ0) is 12.1. The summed E-state index contributed by atoms with van der Waals surface area (Å²) in [5.41, 5.74) is 4.57. The van der Waals surface area contributed by atoms with E-state index in [1.165, 1.54) is 0 Å². The molecule has 0 radical (unpaired) electrons. The second-order valence-electron chi connectivity index (χ2n) is 2.61. The first-order chi connectivity index (χ1) is 7.08. The van der Waals surface area contributed by atoms with Crippen molar-refractivity contribution in [2.24, 2.45) is 11.6 Å². The summed E-state index contributed by atoms with van der Waals surface area (Å²) in [6.45, 7) is 2.44. The molecule has 0 unspecified atom stereocenters. The number of carbonyl (C=O) groups excluding carboxylic acids is 1. The molecule has 0 aromatic carbocycles. The number of amides is 1. The Morgan fingerprint density at radius 1 is 1.47 bits per heavy atom. The van der Waals surface area contributed by atoms with Gasteiger partial charge < -0.3 is 16.2 Å². The Labute approximate surface area is 88.7 Å². The van der Waals surface area contributed by atoms with Crippen molar-refractivity contribution in [3.05, 3.63) is 0 Å². The molecule has 7 heteroatoms. The highest BCUT2D eigenvalue weighted by Crippen LogP contribution is 1.81. The number of carboxylic acid groups (broad SMARTS) is 1. The van der Waals surface area contributed by atoms with E-state index in [9.17, 15) is 9.59 Å². The van der Waals surface area contributed by atoms with Crippen molar-refractivity contribution in [1.82, 2.24) is 5.32 Å². The fourth-order valence-corrected chi connectivity index (χ4v) is 0.531. The van der Waals surface area contributed by atoms with Crippen LogP contribution in [-0.2, 0) is 14.4 Å². The summed E-state index contributed by atoms with van der Waals surface area (Å²) in [4.78, 5) is 24.0. The summed E-state index contributed by atoms with van der Waals surface area (Å²) in [5, 5.41) is 10.2. The Morgan fingerprint density at radius 2 is 2.00 bits per heavy atom. The molecule has 0 aromatic rings. The molecule has 0 rings (SSSR count). The van der Waals surface area contributed by atoms with Crippen LogP contribution in [0.3, 0.4) is 0 Å². The van der Waals surface area contributed by atoms with Gasteiger partial charge in [-0.05, 0) is 6.42 Å². The summed E-state index contributed by atoms with van der Waals surface area (Å²) >= 11 is 0. The van der Waals surface area contributed by atoms with Crippen molar-refractivity contribution in [3.8, 4) is 0 Å². The van der Waals surface area contributed by atoms with Crippen molar-refractivity contribution in [3.63, 3.8) is 0 Å². The smallest absolute Gasteiger partial charge is 0.317 e. The number of aliphatic carboxylic acids is 1. The average Bonchev–Trinajstić information content (AvgIpc) is 2.19. The molecule has 0 saturated carbocycles. The predicted molar refractivity (Wildman–Crippen MR) is 54.7 cm³/mol. The quantitative estimate of drug-likeness (QED) is 0.330. The number of unbranched alkanes of at least 4 members (excludes halogenated alkanes) is 1. The van der Waals surface area contributed by atoms with Crippen molar-refractivity contribution in [2.75, 3.05) is 19.7 Å². The third-order valence-electron chi connectivity index (χ3n) is 1.24. The molecule has 7 nitrogen and oxygen atoms in total. The zero-order valence-corrected chi connectivity index (χ0v) is 8.86. The number of hydrogen-bond acceptors (Lipinski definition) is 5. The fraction of sp³-hybridized carbons (Fsp3) is 0.750. The Morgan fingerprint density at radius 3 is 2.33 bits per heavy atom. The molecule has 0 bridgehead atoms. The third-order valence-corrected chi connectivity index (χ3v) is 1.24. The van der Waals surface area contributed by atoms with Crippen LogP contribution < -0.4 is 16.9 Å². The second kappa shape index (κ2) is 12.8. The molecule has 90 valence electrons. The highest BCUT2D eigenvalue weighted by molar-refractivity contribution is 5.77. The first kappa shape index (κ1) is 16.3. The molecule has 0 aliphatic rings. The van der Waals surface area contributed by atoms with Crippen molar-refractivity contribution in [1.29, 1.82) is 0 Å². The Bertz CT molecular complexity index is 175. The van der Waals surface area contributed by atoms with Gasteiger partial charge in [0.25, 0.3) is 0 Å². The van der Waals surface area contributed by atoms with Crippen LogP contribution in [-0.4, -0.2) is 36.7 Å². The lowest BCUT2D eigenvalue weighted by Crippen LogP contribution is -2.29. The molecule has 0 atom stereocenters. The summed E-state index contributed by atoms with van der Waals surface area (Å²) < 4.78 is 0. The van der Waals surface area contributed by atoms with Crippen molar-refractivity contribution in [2.45, 2.75) is 19.8 Å². The van der Waals surface area contributed by atoms with Crippen LogP contribution >= 0.6 is 0 Å². The van der Waals surface area contributed by atoms with Crippen molar-refractivity contribution < 1.29 is 19.5 Å². The second-order valence-corrected chi connectivity index (χ2v) is 2.61. The highest BCUT2D eigenvalue weighted by Gasteiger charge is 1.96. The Hall–Kier alpha value is -1.18. The minimum Gasteiger partial charge on any atom is -0.480 e. The first-order valence-electron chi connectivity index (χ1n) is 4.58. The maximum absolute atomic E-state index is 10.6. The van der Waals surface area contributed by atoms with E-state index in [2.05, 4.69) is 28.7 Å². The van der Waals surface area contributed by atoms with E-state index in [0.29, 0.717) is 6.54 Å². The maximum atomic E-state index is 10.6. The van der Waals surface area contributed by atoms with Crippen LogP contribution in [0.15, 0.2) is 0 Å². The monoisotopic (exact) mass is 221 g/mol. The van der Waals surface area contributed by atoms with Gasteiger partial charge in [0.05, 0.1) is 6.54 Å². The number of hydrogen-bond donors (Lipinski definition) is 4. The fourth-order valence-electron chi connectivity index (χ4n) is 0.531. The van der Waals surface area contributed by atoms with Crippen LogP contribution in [0.4, 0.5) is 0 Å². The molecule has 0 aliphatic carbocycles. The predicted octanol–water partition coefficient (Wildman–Crippen LogP) is -1.18. The first-order valence-corrected chi connectivity index (χ1v) is 4.58. The molecular formula is C8H19N3O4. The minimum absolute atomic E-state index is 0.0519.